The molecule has 0 radical (unpaired) electrons. The van der Waals surface area contributed by atoms with E-state index in [0.717, 1.165) is 11.3 Å². The minimum atomic E-state index is -0.553. The number of thiophene rings is 1. The van der Waals surface area contributed by atoms with Crippen molar-refractivity contribution in [3.05, 3.63) is 38.5 Å². The molecule has 0 atom stereocenters. The molecule has 0 aromatic carbocycles. The van der Waals surface area contributed by atoms with Gasteiger partial charge >= 0.3 is 5.00 Å². The summed E-state index contributed by atoms with van der Waals surface area (Å²) in [4.78, 5) is 21.0. The summed E-state index contributed by atoms with van der Waals surface area (Å²) in [5.74, 6) is 0. The third kappa shape index (κ3) is 1.82. The highest BCUT2D eigenvalue weighted by Gasteiger charge is 2.21. The van der Waals surface area contributed by atoms with Crippen molar-refractivity contribution in [3.63, 3.8) is 0 Å². The van der Waals surface area contributed by atoms with E-state index in [1.807, 2.05) is 0 Å². The second kappa shape index (κ2) is 4.03. The Kier molecular flexibility index (Phi) is 2.71. The molecule has 8 heteroatoms. The fourth-order valence-corrected chi connectivity index (χ4v) is 2.09. The second-order valence-electron chi connectivity index (χ2n) is 2.82. The lowest BCUT2D eigenvalue weighted by Crippen LogP contribution is -1.96. The third-order valence-electron chi connectivity index (χ3n) is 1.79. The summed E-state index contributed by atoms with van der Waals surface area (Å²) in [7, 11) is 0. The Morgan fingerprint density at radius 2 is 2.38 bits per heavy atom. The lowest BCUT2D eigenvalue weighted by molar-refractivity contribution is -0.380. The topological polar surface area (TPSA) is 78.0 Å². The van der Waals surface area contributed by atoms with Crippen LogP contribution < -0.4 is 0 Å². The van der Waals surface area contributed by atoms with E-state index in [2.05, 4.69) is 5.10 Å². The van der Waals surface area contributed by atoms with Crippen molar-refractivity contribution >= 4 is 34.2 Å². The van der Waals surface area contributed by atoms with Gasteiger partial charge in [-0.2, -0.15) is 5.10 Å². The minimum Gasteiger partial charge on any atom is -0.297 e. The number of hydrogen-bond donors (Lipinski definition) is 0. The predicted octanol–water partition coefficient (Wildman–Crippen LogP) is 2.31. The van der Waals surface area contributed by atoms with E-state index in [-0.39, 0.29) is 15.6 Å². The lowest BCUT2D eigenvalue weighted by Gasteiger charge is -1.95. The molecule has 0 saturated heterocycles. The van der Waals surface area contributed by atoms with Gasteiger partial charge in [0.2, 0.25) is 0 Å². The van der Waals surface area contributed by atoms with Crippen LogP contribution in [0.4, 0.5) is 5.00 Å². The molecule has 0 aliphatic carbocycles. The number of aromatic nitrogens is 2. The number of carbonyl (C=O) groups excluding carboxylic acids is 1. The monoisotopic (exact) mass is 257 g/mol. The fourth-order valence-electron chi connectivity index (χ4n) is 1.18. The molecule has 6 nitrogen and oxygen atoms in total. The van der Waals surface area contributed by atoms with Gasteiger partial charge in [-0.05, 0) is 6.07 Å². The maximum Gasteiger partial charge on any atom is 0.350 e. The largest absolute Gasteiger partial charge is 0.350 e. The molecule has 0 spiro atoms. The standard InChI is InChI=1S/C8H4ClN3O3S/c9-5-2-10-11(3-5)7-1-6(4-13)16-8(7)12(14)15/h1-4H. The number of rotatable bonds is 3. The van der Waals surface area contributed by atoms with Gasteiger partial charge in [-0.1, -0.05) is 22.9 Å². The SMILES string of the molecule is O=Cc1cc(-n2cc(Cl)cn2)c([N+](=O)[O-])s1. The highest BCUT2D eigenvalue weighted by atomic mass is 35.5. The molecule has 0 unspecified atom stereocenters. The van der Waals surface area contributed by atoms with Crippen molar-refractivity contribution < 1.29 is 9.72 Å². The van der Waals surface area contributed by atoms with Gasteiger partial charge in [0.05, 0.1) is 21.0 Å². The summed E-state index contributed by atoms with van der Waals surface area (Å²) < 4.78 is 1.27. The molecule has 0 N–H and O–H groups in total. The molecular weight excluding hydrogens is 254 g/mol. The van der Waals surface area contributed by atoms with Crippen LogP contribution in [0.1, 0.15) is 9.67 Å². The zero-order chi connectivity index (χ0) is 11.7. The first-order chi connectivity index (χ1) is 7.61. The first-order valence-electron chi connectivity index (χ1n) is 4.06. The van der Waals surface area contributed by atoms with Crippen molar-refractivity contribution in [3.8, 4) is 5.69 Å². The summed E-state index contributed by atoms with van der Waals surface area (Å²) in [6.45, 7) is 0. The van der Waals surface area contributed by atoms with Crippen molar-refractivity contribution in [1.29, 1.82) is 0 Å². The van der Waals surface area contributed by atoms with Crippen LogP contribution in [-0.4, -0.2) is 21.0 Å². The van der Waals surface area contributed by atoms with Gasteiger partial charge in [-0.15, -0.1) is 0 Å². The number of halogens is 1. The maximum absolute atomic E-state index is 10.8. The molecule has 16 heavy (non-hydrogen) atoms. The molecule has 2 rings (SSSR count). The lowest BCUT2D eigenvalue weighted by atomic mass is 10.4. The first kappa shape index (κ1) is 10.8. The molecule has 0 aliphatic heterocycles. The Morgan fingerprint density at radius 1 is 1.62 bits per heavy atom. The van der Waals surface area contributed by atoms with Crippen LogP contribution in [0.25, 0.3) is 5.69 Å². The quantitative estimate of drug-likeness (QED) is 0.480. The number of nitro groups is 1. The molecule has 0 bridgehead atoms. The minimum absolute atomic E-state index is 0.137. The summed E-state index contributed by atoms with van der Waals surface area (Å²) in [5.41, 5.74) is 0.240. The average molecular weight is 258 g/mol. The molecule has 82 valence electrons. The second-order valence-corrected chi connectivity index (χ2v) is 4.32. The molecule has 2 aromatic rings. The molecule has 2 aromatic heterocycles. The first-order valence-corrected chi connectivity index (χ1v) is 5.25. The third-order valence-corrected chi connectivity index (χ3v) is 2.99. The van der Waals surface area contributed by atoms with Gasteiger partial charge in [0, 0.05) is 6.20 Å². The van der Waals surface area contributed by atoms with Crippen molar-refractivity contribution in [2.45, 2.75) is 0 Å². The molecule has 0 amide bonds. The van der Waals surface area contributed by atoms with Crippen LogP contribution in [0, 0.1) is 10.1 Å². The zero-order valence-electron chi connectivity index (χ0n) is 7.66. The van der Waals surface area contributed by atoms with E-state index in [4.69, 9.17) is 11.6 Å². The normalized spacial score (nSPS) is 10.3. The Hall–Kier alpha value is -1.73. The highest BCUT2D eigenvalue weighted by Crippen LogP contribution is 2.32. The van der Waals surface area contributed by atoms with E-state index < -0.39 is 4.92 Å². The average Bonchev–Trinajstić information content (AvgIpc) is 2.82. The van der Waals surface area contributed by atoms with Crippen LogP contribution >= 0.6 is 22.9 Å². The number of carbonyl (C=O) groups is 1. The summed E-state index contributed by atoms with van der Waals surface area (Å²) in [5, 5.41) is 14.8. The summed E-state index contributed by atoms with van der Waals surface area (Å²) in [6, 6.07) is 1.40. The number of nitrogens with zero attached hydrogens (tertiary/aromatic N) is 3. The van der Waals surface area contributed by atoms with Crippen molar-refractivity contribution in [2.24, 2.45) is 0 Å². The Morgan fingerprint density at radius 3 is 2.88 bits per heavy atom. The van der Waals surface area contributed by atoms with E-state index in [1.165, 1.54) is 23.1 Å². The Labute approximate surface area is 98.2 Å². The molecular formula is C8H4ClN3O3S. The molecule has 0 aliphatic rings. The van der Waals surface area contributed by atoms with Crippen LogP contribution in [-0.2, 0) is 0 Å². The Balaban J connectivity index is 2.58. The smallest absolute Gasteiger partial charge is 0.297 e. The predicted molar refractivity (Wildman–Crippen MR) is 58.5 cm³/mol. The maximum atomic E-state index is 10.8. The Bertz CT molecular complexity index is 563. The van der Waals surface area contributed by atoms with Gasteiger partial charge < -0.3 is 0 Å². The van der Waals surface area contributed by atoms with Gasteiger partial charge in [0.1, 0.15) is 0 Å². The van der Waals surface area contributed by atoms with Crippen LogP contribution in [0.3, 0.4) is 0 Å². The number of aldehydes is 1. The van der Waals surface area contributed by atoms with Crippen molar-refractivity contribution in [1.82, 2.24) is 9.78 Å². The van der Waals surface area contributed by atoms with Crippen LogP contribution in [0.5, 0.6) is 0 Å². The summed E-state index contributed by atoms with van der Waals surface area (Å²) in [6.07, 6.45) is 3.36. The van der Waals surface area contributed by atoms with E-state index >= 15 is 0 Å². The van der Waals surface area contributed by atoms with Gasteiger partial charge in [-0.3, -0.25) is 14.9 Å². The van der Waals surface area contributed by atoms with Crippen LogP contribution in [0.2, 0.25) is 5.02 Å². The van der Waals surface area contributed by atoms with Crippen molar-refractivity contribution in [2.75, 3.05) is 0 Å². The van der Waals surface area contributed by atoms with E-state index in [0.29, 0.717) is 11.3 Å². The zero-order valence-corrected chi connectivity index (χ0v) is 9.23. The fraction of sp³-hybridized carbons (Fsp3) is 0. The van der Waals surface area contributed by atoms with Crippen LogP contribution in [0.15, 0.2) is 18.5 Å². The van der Waals surface area contributed by atoms with E-state index in [1.54, 1.807) is 0 Å². The van der Waals surface area contributed by atoms with Gasteiger partial charge in [-0.25, -0.2) is 4.68 Å². The molecule has 0 saturated carbocycles. The van der Waals surface area contributed by atoms with Gasteiger partial charge in [0.25, 0.3) is 0 Å². The van der Waals surface area contributed by atoms with Gasteiger partial charge in [0.15, 0.2) is 12.0 Å². The summed E-state index contributed by atoms with van der Waals surface area (Å²) >= 11 is 6.46. The number of hydrogen-bond acceptors (Lipinski definition) is 5. The highest BCUT2D eigenvalue weighted by molar-refractivity contribution is 7.17. The molecule has 2 heterocycles. The van der Waals surface area contributed by atoms with E-state index in [9.17, 15) is 14.9 Å². The molecule has 0 fully saturated rings.